The molecule has 4 nitrogen and oxygen atoms in total. The van der Waals surface area contributed by atoms with Crippen LogP contribution in [0.4, 0.5) is 0 Å². The van der Waals surface area contributed by atoms with E-state index in [2.05, 4.69) is 11.9 Å². The van der Waals surface area contributed by atoms with E-state index in [1.807, 2.05) is 11.9 Å². The van der Waals surface area contributed by atoms with Gasteiger partial charge in [-0.3, -0.25) is 4.79 Å². The minimum absolute atomic E-state index is 0.232. The highest BCUT2D eigenvalue weighted by Gasteiger charge is 2.38. The molecule has 2 rings (SSSR count). The van der Waals surface area contributed by atoms with E-state index in [9.17, 15) is 4.79 Å². The second-order valence-electron chi connectivity index (χ2n) is 6.33. The summed E-state index contributed by atoms with van der Waals surface area (Å²) in [6.45, 7) is 3.67. The van der Waals surface area contributed by atoms with Crippen LogP contribution in [0.15, 0.2) is 0 Å². The largest absolute Gasteiger partial charge is 0.345 e. The van der Waals surface area contributed by atoms with Gasteiger partial charge in [-0.1, -0.05) is 6.42 Å². The zero-order chi connectivity index (χ0) is 13.2. The molecule has 2 aliphatic rings. The summed E-state index contributed by atoms with van der Waals surface area (Å²) < 4.78 is 0. The van der Waals surface area contributed by atoms with E-state index in [-0.39, 0.29) is 11.3 Å². The fourth-order valence-corrected chi connectivity index (χ4v) is 3.25. The molecule has 0 aromatic rings. The predicted octanol–water partition coefficient (Wildman–Crippen LogP) is 0.916. The summed E-state index contributed by atoms with van der Waals surface area (Å²) in [5, 5.41) is 0. The van der Waals surface area contributed by atoms with Crippen LogP contribution in [0.25, 0.3) is 0 Å². The average molecular weight is 253 g/mol. The van der Waals surface area contributed by atoms with Crippen molar-refractivity contribution < 1.29 is 4.79 Å². The van der Waals surface area contributed by atoms with Gasteiger partial charge in [-0.15, -0.1) is 0 Å². The van der Waals surface area contributed by atoms with Crippen molar-refractivity contribution in [3.63, 3.8) is 0 Å². The summed E-state index contributed by atoms with van der Waals surface area (Å²) in [5.74, 6) is 0.573. The minimum Gasteiger partial charge on any atom is -0.345 e. The number of nitrogens with zero attached hydrogens (tertiary/aromatic N) is 2. The molecule has 104 valence electrons. The SMILES string of the molecule is CN1CCC(C(=O)N(C)CC2(CN)CCC2)CC1. The van der Waals surface area contributed by atoms with Gasteiger partial charge in [0.25, 0.3) is 0 Å². The Morgan fingerprint density at radius 2 is 2.00 bits per heavy atom. The number of carbonyl (C=O) groups excluding carboxylic acids is 1. The first-order valence-electron chi connectivity index (χ1n) is 7.20. The molecule has 0 aromatic carbocycles. The molecule has 4 heteroatoms. The quantitative estimate of drug-likeness (QED) is 0.810. The first kappa shape index (κ1) is 13.8. The highest BCUT2D eigenvalue weighted by Crippen LogP contribution is 2.40. The molecule has 1 aliphatic heterocycles. The third-order valence-corrected chi connectivity index (χ3v) is 4.86. The summed E-state index contributed by atoms with van der Waals surface area (Å²) in [5.41, 5.74) is 6.10. The van der Waals surface area contributed by atoms with Crippen molar-refractivity contribution in [2.75, 3.05) is 40.3 Å². The lowest BCUT2D eigenvalue weighted by molar-refractivity contribution is -0.138. The molecule has 1 heterocycles. The fourth-order valence-electron chi connectivity index (χ4n) is 3.25. The Morgan fingerprint density at radius 1 is 1.39 bits per heavy atom. The van der Waals surface area contributed by atoms with Gasteiger partial charge in [0.1, 0.15) is 0 Å². The molecule has 0 bridgehead atoms. The zero-order valence-corrected chi connectivity index (χ0v) is 11.8. The van der Waals surface area contributed by atoms with E-state index in [0.29, 0.717) is 5.91 Å². The van der Waals surface area contributed by atoms with Crippen molar-refractivity contribution in [2.24, 2.45) is 17.1 Å². The Hall–Kier alpha value is -0.610. The summed E-state index contributed by atoms with van der Waals surface area (Å²) in [6.07, 6.45) is 5.67. The number of carbonyl (C=O) groups is 1. The lowest BCUT2D eigenvalue weighted by atomic mass is 9.68. The van der Waals surface area contributed by atoms with Crippen LogP contribution in [0.2, 0.25) is 0 Å². The van der Waals surface area contributed by atoms with Gasteiger partial charge in [0.2, 0.25) is 5.91 Å². The smallest absolute Gasteiger partial charge is 0.225 e. The van der Waals surface area contributed by atoms with Crippen LogP contribution >= 0.6 is 0 Å². The zero-order valence-electron chi connectivity index (χ0n) is 11.8. The van der Waals surface area contributed by atoms with Crippen LogP contribution in [-0.2, 0) is 4.79 Å². The molecule has 1 saturated carbocycles. The number of amides is 1. The molecule has 1 aliphatic carbocycles. The van der Waals surface area contributed by atoms with Crippen LogP contribution in [-0.4, -0.2) is 56.0 Å². The van der Waals surface area contributed by atoms with Crippen molar-refractivity contribution in [1.29, 1.82) is 0 Å². The second-order valence-corrected chi connectivity index (χ2v) is 6.33. The monoisotopic (exact) mass is 253 g/mol. The molecule has 0 spiro atoms. The Labute approximate surface area is 110 Å². The third kappa shape index (κ3) is 2.86. The predicted molar refractivity (Wildman–Crippen MR) is 73.2 cm³/mol. The van der Waals surface area contributed by atoms with Crippen LogP contribution in [0.3, 0.4) is 0 Å². The third-order valence-electron chi connectivity index (χ3n) is 4.86. The molecule has 18 heavy (non-hydrogen) atoms. The van der Waals surface area contributed by atoms with Gasteiger partial charge in [-0.05, 0) is 52.4 Å². The molecule has 0 aromatic heterocycles. The molecule has 0 atom stereocenters. The number of piperidine rings is 1. The van der Waals surface area contributed by atoms with Gasteiger partial charge >= 0.3 is 0 Å². The Bertz CT molecular complexity index is 288. The first-order valence-corrected chi connectivity index (χ1v) is 7.20. The van der Waals surface area contributed by atoms with E-state index in [1.54, 1.807) is 0 Å². The Morgan fingerprint density at radius 3 is 2.44 bits per heavy atom. The normalized spacial score (nSPS) is 24.6. The highest BCUT2D eigenvalue weighted by atomic mass is 16.2. The molecular formula is C14H27N3O. The number of hydrogen-bond acceptors (Lipinski definition) is 3. The maximum Gasteiger partial charge on any atom is 0.225 e. The van der Waals surface area contributed by atoms with Crippen LogP contribution < -0.4 is 5.73 Å². The molecule has 2 N–H and O–H groups in total. The Kier molecular flexibility index (Phi) is 4.28. The van der Waals surface area contributed by atoms with Crippen LogP contribution in [0, 0.1) is 11.3 Å². The van der Waals surface area contributed by atoms with Gasteiger partial charge in [0.05, 0.1) is 0 Å². The number of likely N-dealkylation sites (tertiary alicyclic amines) is 1. The van der Waals surface area contributed by atoms with Crippen molar-refractivity contribution in [1.82, 2.24) is 9.80 Å². The van der Waals surface area contributed by atoms with Gasteiger partial charge < -0.3 is 15.5 Å². The van der Waals surface area contributed by atoms with E-state index in [4.69, 9.17) is 5.73 Å². The topological polar surface area (TPSA) is 49.6 Å². The van der Waals surface area contributed by atoms with Crippen LogP contribution in [0.1, 0.15) is 32.1 Å². The van der Waals surface area contributed by atoms with E-state index in [0.717, 1.165) is 39.0 Å². The summed E-state index contributed by atoms with van der Waals surface area (Å²) in [7, 11) is 4.08. The maximum absolute atomic E-state index is 12.4. The number of hydrogen-bond donors (Lipinski definition) is 1. The van der Waals surface area contributed by atoms with E-state index in [1.165, 1.54) is 19.3 Å². The van der Waals surface area contributed by atoms with Gasteiger partial charge in [-0.2, -0.15) is 0 Å². The molecule has 1 saturated heterocycles. The minimum atomic E-state index is 0.232. The first-order chi connectivity index (χ1) is 8.56. The van der Waals surface area contributed by atoms with Gasteiger partial charge in [-0.25, -0.2) is 0 Å². The molecule has 0 radical (unpaired) electrons. The lowest BCUT2D eigenvalue weighted by Crippen LogP contribution is -2.49. The van der Waals surface area contributed by atoms with Crippen molar-refractivity contribution in [2.45, 2.75) is 32.1 Å². The summed E-state index contributed by atoms with van der Waals surface area (Å²) >= 11 is 0. The van der Waals surface area contributed by atoms with Gasteiger partial charge in [0.15, 0.2) is 0 Å². The van der Waals surface area contributed by atoms with Crippen LogP contribution in [0.5, 0.6) is 0 Å². The Balaban J connectivity index is 1.84. The van der Waals surface area contributed by atoms with Gasteiger partial charge in [0, 0.05) is 24.9 Å². The fraction of sp³-hybridized carbons (Fsp3) is 0.929. The summed E-state index contributed by atoms with van der Waals surface area (Å²) in [6, 6.07) is 0. The molecular weight excluding hydrogens is 226 g/mol. The highest BCUT2D eigenvalue weighted by molar-refractivity contribution is 5.78. The van der Waals surface area contributed by atoms with Crippen molar-refractivity contribution in [3.05, 3.63) is 0 Å². The lowest BCUT2D eigenvalue weighted by Gasteiger charge is -2.44. The average Bonchev–Trinajstić information content (AvgIpc) is 2.33. The number of rotatable bonds is 4. The molecule has 2 fully saturated rings. The second kappa shape index (κ2) is 5.57. The molecule has 1 amide bonds. The summed E-state index contributed by atoms with van der Waals surface area (Å²) in [4.78, 5) is 16.7. The van der Waals surface area contributed by atoms with Crippen molar-refractivity contribution in [3.8, 4) is 0 Å². The number of nitrogens with two attached hydrogens (primary N) is 1. The van der Waals surface area contributed by atoms with Crippen molar-refractivity contribution >= 4 is 5.91 Å². The standard InChI is InChI=1S/C14H27N3O/c1-16-8-4-12(5-9-16)13(18)17(2)11-14(10-15)6-3-7-14/h12H,3-11,15H2,1-2H3. The van der Waals surface area contributed by atoms with E-state index < -0.39 is 0 Å². The van der Waals surface area contributed by atoms with E-state index >= 15 is 0 Å². The molecule has 0 unspecified atom stereocenters. The maximum atomic E-state index is 12.4.